The van der Waals surface area contributed by atoms with Crippen molar-refractivity contribution in [3.05, 3.63) is 59.9 Å². The highest BCUT2D eigenvalue weighted by atomic mass is 32.2. The van der Waals surface area contributed by atoms with E-state index < -0.39 is 0 Å². The van der Waals surface area contributed by atoms with Gasteiger partial charge in [0.05, 0.1) is 0 Å². The topological polar surface area (TPSA) is 54.5 Å². The maximum Gasteiger partial charge on any atom is 0.251 e. The molecule has 0 aliphatic carbocycles. The third-order valence-corrected chi connectivity index (χ3v) is 5.90. The molecule has 150 valence electrons. The van der Waals surface area contributed by atoms with E-state index >= 15 is 0 Å². The lowest BCUT2D eigenvalue weighted by Crippen LogP contribution is -2.43. The number of nitrogens with one attached hydrogen (secondary N) is 1. The van der Waals surface area contributed by atoms with Crippen molar-refractivity contribution in [1.82, 2.24) is 15.2 Å². The lowest BCUT2D eigenvalue weighted by Gasteiger charge is -2.35. The summed E-state index contributed by atoms with van der Waals surface area (Å²) < 4.78 is 6.18. The first-order chi connectivity index (χ1) is 13.7. The number of ether oxygens (including phenoxy) is 1. The van der Waals surface area contributed by atoms with E-state index in [0.717, 1.165) is 37.2 Å². The van der Waals surface area contributed by atoms with Crippen LogP contribution in [-0.2, 0) is 6.54 Å². The van der Waals surface area contributed by atoms with Crippen LogP contribution in [0.15, 0.2) is 48.8 Å². The maximum atomic E-state index is 12.4. The van der Waals surface area contributed by atoms with Gasteiger partial charge in [-0.15, -0.1) is 0 Å². The Bertz CT molecular complexity index is 748. The average Bonchev–Trinajstić information content (AvgIpc) is 2.73. The molecule has 6 heteroatoms. The summed E-state index contributed by atoms with van der Waals surface area (Å²) >= 11 is 1.90. The number of thioether (sulfide) groups is 1. The zero-order chi connectivity index (χ0) is 19.8. The summed E-state index contributed by atoms with van der Waals surface area (Å²) in [4.78, 5) is 19.1. The van der Waals surface area contributed by atoms with E-state index in [1.54, 1.807) is 12.4 Å². The van der Waals surface area contributed by atoms with E-state index in [-0.39, 0.29) is 12.0 Å². The predicted molar refractivity (Wildman–Crippen MR) is 115 cm³/mol. The normalized spacial score (nSPS) is 16.5. The highest BCUT2D eigenvalue weighted by molar-refractivity contribution is 7.98. The molecule has 2 aromatic rings. The van der Waals surface area contributed by atoms with E-state index in [2.05, 4.69) is 28.4 Å². The molecule has 1 saturated heterocycles. The van der Waals surface area contributed by atoms with Gasteiger partial charge < -0.3 is 10.1 Å². The fourth-order valence-electron chi connectivity index (χ4n) is 3.47. The number of pyridine rings is 1. The first-order valence-electron chi connectivity index (χ1n) is 9.82. The van der Waals surface area contributed by atoms with E-state index in [1.807, 2.05) is 48.2 Å². The number of nitrogens with zero attached hydrogens (tertiary/aromatic N) is 2. The van der Waals surface area contributed by atoms with Crippen LogP contribution in [0.3, 0.4) is 0 Å². The minimum atomic E-state index is -0.102. The van der Waals surface area contributed by atoms with Crippen LogP contribution in [0.4, 0.5) is 0 Å². The zero-order valence-electron chi connectivity index (χ0n) is 16.6. The van der Waals surface area contributed by atoms with Gasteiger partial charge in [0.15, 0.2) is 0 Å². The van der Waals surface area contributed by atoms with Gasteiger partial charge in [-0.3, -0.25) is 14.7 Å². The number of hydrogen-bond acceptors (Lipinski definition) is 5. The number of carbonyl (C=O) groups excluding carboxylic acids is 1. The smallest absolute Gasteiger partial charge is 0.251 e. The second-order valence-corrected chi connectivity index (χ2v) is 8.14. The number of benzene rings is 1. The number of carbonyl (C=O) groups is 1. The standard InChI is InChI=1S/C22H29N3O2S/c1-17(16-28-2)25-11-8-20(9-12-25)27-21-7-3-6-19(13-21)22(26)24-15-18-5-4-10-23-14-18/h3-7,10,13-14,17,20H,8-9,11-12,15-16H2,1-2H3,(H,24,26)/t17-/m1/s1. The molecular weight excluding hydrogens is 370 g/mol. The van der Waals surface area contributed by atoms with Gasteiger partial charge in [-0.05, 0) is 55.9 Å². The number of aromatic nitrogens is 1. The number of rotatable bonds is 8. The summed E-state index contributed by atoms with van der Waals surface area (Å²) in [5.41, 5.74) is 1.60. The van der Waals surface area contributed by atoms with E-state index in [1.165, 1.54) is 5.75 Å². The highest BCUT2D eigenvalue weighted by Crippen LogP contribution is 2.22. The van der Waals surface area contributed by atoms with Gasteiger partial charge in [-0.25, -0.2) is 0 Å². The summed E-state index contributed by atoms with van der Waals surface area (Å²) in [6.07, 6.45) is 7.90. The molecule has 0 unspecified atom stereocenters. The van der Waals surface area contributed by atoms with Gasteiger partial charge >= 0.3 is 0 Å². The van der Waals surface area contributed by atoms with Crippen LogP contribution in [-0.4, -0.2) is 53.0 Å². The summed E-state index contributed by atoms with van der Waals surface area (Å²) in [7, 11) is 0. The second-order valence-electron chi connectivity index (χ2n) is 7.23. The van der Waals surface area contributed by atoms with Crippen molar-refractivity contribution < 1.29 is 9.53 Å². The van der Waals surface area contributed by atoms with Crippen LogP contribution in [0.5, 0.6) is 5.75 Å². The van der Waals surface area contributed by atoms with Crippen LogP contribution >= 0.6 is 11.8 Å². The molecule has 1 atom stereocenters. The third-order valence-electron chi connectivity index (χ3n) is 5.08. The van der Waals surface area contributed by atoms with Gasteiger partial charge in [0.25, 0.3) is 5.91 Å². The molecule has 1 aromatic heterocycles. The Morgan fingerprint density at radius 2 is 2.14 bits per heavy atom. The van der Waals surface area contributed by atoms with Gasteiger partial charge in [0.2, 0.25) is 0 Å². The van der Waals surface area contributed by atoms with Crippen LogP contribution < -0.4 is 10.1 Å². The summed E-state index contributed by atoms with van der Waals surface area (Å²) in [5, 5.41) is 2.93. The van der Waals surface area contributed by atoms with Gasteiger partial charge in [0.1, 0.15) is 11.9 Å². The van der Waals surface area contributed by atoms with Crippen molar-refractivity contribution >= 4 is 17.7 Å². The molecule has 1 fully saturated rings. The number of amides is 1. The van der Waals surface area contributed by atoms with Crippen molar-refractivity contribution in [2.45, 2.75) is 38.5 Å². The molecule has 1 N–H and O–H groups in total. The first kappa shape index (κ1) is 20.7. The van der Waals surface area contributed by atoms with Crippen LogP contribution in [0.1, 0.15) is 35.7 Å². The Hall–Kier alpha value is -2.05. The largest absolute Gasteiger partial charge is 0.490 e. The molecule has 0 radical (unpaired) electrons. The summed E-state index contributed by atoms with van der Waals surface area (Å²) in [6.45, 7) is 4.89. The fourth-order valence-corrected chi connectivity index (χ4v) is 4.16. The monoisotopic (exact) mass is 399 g/mol. The molecule has 2 heterocycles. The van der Waals surface area contributed by atoms with Gasteiger partial charge in [-0.2, -0.15) is 11.8 Å². The highest BCUT2D eigenvalue weighted by Gasteiger charge is 2.23. The summed E-state index contributed by atoms with van der Waals surface area (Å²) in [6, 6.07) is 11.9. The van der Waals surface area contributed by atoms with Crippen molar-refractivity contribution in [3.8, 4) is 5.75 Å². The van der Waals surface area contributed by atoms with E-state index in [0.29, 0.717) is 18.2 Å². The third kappa shape index (κ3) is 5.97. The number of hydrogen-bond donors (Lipinski definition) is 1. The van der Waals surface area contributed by atoms with Crippen molar-refractivity contribution in [3.63, 3.8) is 0 Å². The van der Waals surface area contributed by atoms with E-state index in [9.17, 15) is 4.79 Å². The average molecular weight is 400 g/mol. The molecule has 28 heavy (non-hydrogen) atoms. The molecule has 1 aliphatic heterocycles. The minimum Gasteiger partial charge on any atom is -0.490 e. The van der Waals surface area contributed by atoms with Gasteiger partial charge in [0, 0.05) is 49.4 Å². The van der Waals surface area contributed by atoms with Crippen molar-refractivity contribution in [2.24, 2.45) is 0 Å². The lowest BCUT2D eigenvalue weighted by atomic mass is 10.1. The number of piperidine rings is 1. The molecular formula is C22H29N3O2S. The molecule has 1 amide bonds. The first-order valence-corrected chi connectivity index (χ1v) is 11.2. The maximum absolute atomic E-state index is 12.4. The summed E-state index contributed by atoms with van der Waals surface area (Å²) in [5.74, 6) is 1.83. The molecule has 0 saturated carbocycles. The fraction of sp³-hybridized carbons (Fsp3) is 0.455. The molecule has 1 aromatic carbocycles. The zero-order valence-corrected chi connectivity index (χ0v) is 17.5. The Morgan fingerprint density at radius 3 is 2.86 bits per heavy atom. The second kappa shape index (κ2) is 10.5. The van der Waals surface area contributed by atoms with Crippen molar-refractivity contribution in [2.75, 3.05) is 25.1 Å². The Morgan fingerprint density at radius 1 is 1.32 bits per heavy atom. The molecule has 0 spiro atoms. The predicted octanol–water partition coefficient (Wildman–Crippen LogP) is 3.61. The Labute approximate surface area is 171 Å². The van der Waals surface area contributed by atoms with E-state index in [4.69, 9.17) is 4.74 Å². The Balaban J connectivity index is 1.50. The molecule has 5 nitrogen and oxygen atoms in total. The molecule has 0 bridgehead atoms. The van der Waals surface area contributed by atoms with Gasteiger partial charge in [-0.1, -0.05) is 12.1 Å². The van der Waals surface area contributed by atoms with Crippen LogP contribution in [0.2, 0.25) is 0 Å². The lowest BCUT2D eigenvalue weighted by molar-refractivity contribution is 0.0849. The Kier molecular flexibility index (Phi) is 7.74. The molecule has 3 rings (SSSR count). The SMILES string of the molecule is CSC[C@@H](C)N1CCC(Oc2cccc(C(=O)NCc3cccnc3)c2)CC1. The molecule has 1 aliphatic rings. The quantitative estimate of drug-likeness (QED) is 0.735. The van der Waals surface area contributed by atoms with Crippen LogP contribution in [0, 0.1) is 0 Å². The van der Waals surface area contributed by atoms with Crippen molar-refractivity contribution in [1.29, 1.82) is 0 Å². The minimum absolute atomic E-state index is 0.102. The van der Waals surface area contributed by atoms with Crippen LogP contribution in [0.25, 0.3) is 0 Å². The number of likely N-dealkylation sites (tertiary alicyclic amines) is 1.